The average molecular weight is 290 g/mol. The van der Waals surface area contributed by atoms with E-state index in [1.807, 2.05) is 6.07 Å². The Bertz CT molecular complexity index is 469. The van der Waals surface area contributed by atoms with Crippen molar-refractivity contribution in [2.45, 2.75) is 70.5 Å². The van der Waals surface area contributed by atoms with Crippen LogP contribution in [0.15, 0.2) is 24.3 Å². The number of hydrogen-bond acceptors (Lipinski definition) is 3. The van der Waals surface area contributed by atoms with Gasteiger partial charge in [-0.05, 0) is 12.5 Å². The van der Waals surface area contributed by atoms with Crippen LogP contribution >= 0.6 is 0 Å². The molecule has 21 heavy (non-hydrogen) atoms. The smallest absolute Gasteiger partial charge is 0.341 e. The monoisotopic (exact) mass is 290 g/mol. The third-order valence-corrected chi connectivity index (χ3v) is 4.20. The van der Waals surface area contributed by atoms with Gasteiger partial charge >= 0.3 is 5.97 Å². The van der Waals surface area contributed by atoms with Crippen LogP contribution in [0.25, 0.3) is 0 Å². The maximum atomic E-state index is 11.7. The van der Waals surface area contributed by atoms with Gasteiger partial charge in [-0.3, -0.25) is 0 Å². The minimum absolute atomic E-state index is 0.410. The van der Waals surface area contributed by atoms with E-state index < -0.39 is 11.8 Å². The molecule has 0 bridgehead atoms. The fourth-order valence-corrected chi connectivity index (χ4v) is 2.95. The molecule has 116 valence electrons. The first kappa shape index (κ1) is 16.0. The zero-order chi connectivity index (χ0) is 15.1. The second kappa shape index (κ2) is 7.60. The molecule has 0 saturated carbocycles. The highest BCUT2D eigenvalue weighted by Crippen LogP contribution is 2.38. The number of esters is 1. The van der Waals surface area contributed by atoms with E-state index in [-0.39, 0.29) is 0 Å². The molecule has 1 aliphatic rings. The lowest BCUT2D eigenvalue weighted by molar-refractivity contribution is -0.168. The first-order valence-corrected chi connectivity index (χ1v) is 8.22. The standard InChI is InChI=1S/C18H26O3/c1-2-3-4-5-6-7-8-11-14-18(20)16-13-10-9-12-15(16)17(19)21-18/h9-10,12-13,20H,2-8,11,14H2,1H3/t18-/m1/s1. The van der Waals surface area contributed by atoms with Gasteiger partial charge in [0, 0.05) is 12.0 Å². The van der Waals surface area contributed by atoms with E-state index in [9.17, 15) is 9.90 Å². The highest BCUT2D eigenvalue weighted by molar-refractivity contribution is 5.94. The molecular weight excluding hydrogens is 264 g/mol. The highest BCUT2D eigenvalue weighted by Gasteiger charge is 2.43. The van der Waals surface area contributed by atoms with Crippen LogP contribution in [0.1, 0.15) is 80.6 Å². The van der Waals surface area contributed by atoms with Crippen LogP contribution in [0.3, 0.4) is 0 Å². The van der Waals surface area contributed by atoms with Crippen LogP contribution in [0, 0.1) is 0 Å². The molecule has 2 rings (SSSR count). The molecule has 0 unspecified atom stereocenters. The molecule has 0 fully saturated rings. The maximum Gasteiger partial charge on any atom is 0.341 e. The second-order valence-electron chi connectivity index (χ2n) is 5.94. The summed E-state index contributed by atoms with van der Waals surface area (Å²) in [6.07, 6.45) is 10.1. The normalized spacial score (nSPS) is 20.4. The van der Waals surface area contributed by atoms with E-state index in [0.29, 0.717) is 17.5 Å². The molecule has 1 aliphatic heterocycles. The summed E-state index contributed by atoms with van der Waals surface area (Å²) in [6.45, 7) is 2.22. The van der Waals surface area contributed by atoms with Crippen LogP contribution < -0.4 is 0 Å². The maximum absolute atomic E-state index is 11.7. The molecule has 0 amide bonds. The highest BCUT2D eigenvalue weighted by atomic mass is 16.7. The predicted octanol–water partition coefficient (Wildman–Crippen LogP) is 4.53. The van der Waals surface area contributed by atoms with Gasteiger partial charge < -0.3 is 9.84 Å². The lowest BCUT2D eigenvalue weighted by Crippen LogP contribution is -2.25. The lowest BCUT2D eigenvalue weighted by Gasteiger charge is -2.22. The van der Waals surface area contributed by atoms with Crippen molar-refractivity contribution in [2.24, 2.45) is 0 Å². The van der Waals surface area contributed by atoms with Gasteiger partial charge in [0.2, 0.25) is 5.79 Å². The molecule has 0 aliphatic carbocycles. The van der Waals surface area contributed by atoms with Crippen molar-refractivity contribution in [3.8, 4) is 0 Å². The van der Waals surface area contributed by atoms with Crippen molar-refractivity contribution in [2.75, 3.05) is 0 Å². The third kappa shape index (κ3) is 4.07. The molecule has 1 heterocycles. The van der Waals surface area contributed by atoms with E-state index in [1.54, 1.807) is 18.2 Å². The number of hydrogen-bond donors (Lipinski definition) is 1. The molecule has 0 spiro atoms. The summed E-state index contributed by atoms with van der Waals surface area (Å²) in [4.78, 5) is 11.7. The van der Waals surface area contributed by atoms with Gasteiger partial charge in [-0.25, -0.2) is 4.79 Å². The first-order chi connectivity index (χ1) is 10.2. The quantitative estimate of drug-likeness (QED) is 0.537. The van der Waals surface area contributed by atoms with Gasteiger partial charge in [-0.1, -0.05) is 70.1 Å². The average Bonchev–Trinajstić information content (AvgIpc) is 2.74. The molecule has 0 radical (unpaired) electrons. The molecule has 0 saturated heterocycles. The molecule has 3 heteroatoms. The summed E-state index contributed by atoms with van der Waals surface area (Å²) in [5.41, 5.74) is 1.12. The number of aliphatic hydroxyl groups is 1. The van der Waals surface area contributed by atoms with Crippen LogP contribution in [0.5, 0.6) is 0 Å². The minimum atomic E-state index is -1.41. The third-order valence-electron chi connectivity index (χ3n) is 4.20. The molecule has 1 aromatic carbocycles. The Kier molecular flexibility index (Phi) is 5.80. The van der Waals surface area contributed by atoms with E-state index in [0.717, 1.165) is 12.8 Å². The number of benzene rings is 1. The fourth-order valence-electron chi connectivity index (χ4n) is 2.95. The zero-order valence-electron chi connectivity index (χ0n) is 12.9. The van der Waals surface area contributed by atoms with Crippen molar-refractivity contribution in [1.82, 2.24) is 0 Å². The Morgan fingerprint density at radius 1 is 1.00 bits per heavy atom. The topological polar surface area (TPSA) is 46.5 Å². The predicted molar refractivity (Wildman–Crippen MR) is 83.0 cm³/mol. The van der Waals surface area contributed by atoms with Crippen molar-refractivity contribution in [1.29, 1.82) is 0 Å². The Balaban J connectivity index is 1.73. The van der Waals surface area contributed by atoms with E-state index in [1.165, 1.54) is 38.5 Å². The van der Waals surface area contributed by atoms with Gasteiger partial charge in [-0.2, -0.15) is 0 Å². The first-order valence-electron chi connectivity index (χ1n) is 8.22. The summed E-state index contributed by atoms with van der Waals surface area (Å²) < 4.78 is 5.20. The number of carbonyl (C=O) groups is 1. The summed E-state index contributed by atoms with van der Waals surface area (Å²) in [5.74, 6) is -1.82. The van der Waals surface area contributed by atoms with Crippen molar-refractivity contribution >= 4 is 5.97 Å². The van der Waals surface area contributed by atoms with Crippen LogP contribution in [-0.4, -0.2) is 11.1 Å². The van der Waals surface area contributed by atoms with Crippen molar-refractivity contribution in [3.05, 3.63) is 35.4 Å². The number of fused-ring (bicyclic) bond motifs is 1. The summed E-state index contributed by atoms with van der Waals surface area (Å²) in [6, 6.07) is 7.12. The number of ether oxygens (including phenoxy) is 1. The summed E-state index contributed by atoms with van der Waals surface area (Å²) in [7, 11) is 0. The molecule has 1 atom stereocenters. The van der Waals surface area contributed by atoms with Crippen LogP contribution in [0.4, 0.5) is 0 Å². The molecule has 3 nitrogen and oxygen atoms in total. The Labute approximate surface area is 127 Å². The minimum Gasteiger partial charge on any atom is -0.425 e. The second-order valence-corrected chi connectivity index (χ2v) is 5.94. The largest absolute Gasteiger partial charge is 0.425 e. The van der Waals surface area contributed by atoms with E-state index in [4.69, 9.17) is 4.74 Å². The van der Waals surface area contributed by atoms with Gasteiger partial charge in [0.1, 0.15) is 0 Å². The number of unbranched alkanes of at least 4 members (excludes halogenated alkanes) is 7. The summed E-state index contributed by atoms with van der Waals surface area (Å²) >= 11 is 0. The van der Waals surface area contributed by atoms with Crippen molar-refractivity contribution < 1.29 is 14.6 Å². The van der Waals surface area contributed by atoms with E-state index >= 15 is 0 Å². The van der Waals surface area contributed by atoms with Gasteiger partial charge in [0.15, 0.2) is 0 Å². The molecule has 1 N–H and O–H groups in total. The summed E-state index contributed by atoms with van der Waals surface area (Å²) in [5, 5.41) is 10.5. The molecular formula is C18H26O3. The fraction of sp³-hybridized carbons (Fsp3) is 0.611. The molecule has 0 aromatic heterocycles. The van der Waals surface area contributed by atoms with Gasteiger partial charge in [-0.15, -0.1) is 0 Å². The van der Waals surface area contributed by atoms with Gasteiger partial charge in [0.05, 0.1) is 5.56 Å². The van der Waals surface area contributed by atoms with Crippen LogP contribution in [0.2, 0.25) is 0 Å². The van der Waals surface area contributed by atoms with Crippen molar-refractivity contribution in [3.63, 3.8) is 0 Å². The van der Waals surface area contributed by atoms with Gasteiger partial charge in [0.25, 0.3) is 0 Å². The Hall–Kier alpha value is -1.35. The Morgan fingerprint density at radius 3 is 2.33 bits per heavy atom. The zero-order valence-corrected chi connectivity index (χ0v) is 12.9. The number of cyclic esters (lactones) is 1. The van der Waals surface area contributed by atoms with E-state index in [2.05, 4.69) is 6.92 Å². The Morgan fingerprint density at radius 2 is 1.62 bits per heavy atom. The number of carbonyl (C=O) groups excluding carboxylic acids is 1. The van der Waals surface area contributed by atoms with Crippen LogP contribution in [-0.2, 0) is 10.5 Å². The SMILES string of the molecule is CCCCCCCCCC[C@@]1(O)OC(=O)c2ccccc21. The molecule has 1 aromatic rings. The number of rotatable bonds is 9. The lowest BCUT2D eigenvalue weighted by atomic mass is 9.97.